The van der Waals surface area contributed by atoms with Gasteiger partial charge < -0.3 is 4.90 Å². The van der Waals surface area contributed by atoms with Crippen LogP contribution >= 0.6 is 11.6 Å². The number of carbonyl (C=O) groups excluding carboxylic acids is 1. The van der Waals surface area contributed by atoms with Crippen LogP contribution in [-0.2, 0) is 9.84 Å². The average Bonchev–Trinajstić information content (AvgIpc) is 2.74. The van der Waals surface area contributed by atoms with Crippen LogP contribution in [0, 0.1) is 0 Å². The van der Waals surface area contributed by atoms with Gasteiger partial charge in [0.2, 0.25) is 5.82 Å². The SMILES string of the molecule is O=C(c1ncccn1)N1CCC(c2ccccc2Cl)S(=O)(=O)CC1. The fourth-order valence-electron chi connectivity index (χ4n) is 2.78. The van der Waals surface area contributed by atoms with Gasteiger partial charge in [0, 0.05) is 30.5 Å². The van der Waals surface area contributed by atoms with Crippen molar-refractivity contribution in [3.63, 3.8) is 0 Å². The molecule has 0 radical (unpaired) electrons. The van der Waals surface area contributed by atoms with E-state index in [1.807, 2.05) is 0 Å². The van der Waals surface area contributed by atoms with Crippen molar-refractivity contribution in [2.75, 3.05) is 18.8 Å². The Balaban J connectivity index is 1.85. The van der Waals surface area contributed by atoms with Crippen molar-refractivity contribution in [3.8, 4) is 0 Å². The summed E-state index contributed by atoms with van der Waals surface area (Å²) in [7, 11) is -3.40. The fourth-order valence-corrected chi connectivity index (χ4v) is 4.93. The second-order valence-electron chi connectivity index (χ2n) is 5.53. The molecule has 1 aliphatic heterocycles. The zero-order chi connectivity index (χ0) is 17.2. The summed E-state index contributed by atoms with van der Waals surface area (Å²) in [6.45, 7) is 0.437. The van der Waals surface area contributed by atoms with E-state index in [-0.39, 0.29) is 24.0 Å². The fraction of sp³-hybridized carbons (Fsp3) is 0.312. The molecule has 126 valence electrons. The highest BCUT2D eigenvalue weighted by molar-refractivity contribution is 7.91. The van der Waals surface area contributed by atoms with Crippen molar-refractivity contribution in [3.05, 3.63) is 59.1 Å². The van der Waals surface area contributed by atoms with Crippen LogP contribution in [0.4, 0.5) is 0 Å². The zero-order valence-electron chi connectivity index (χ0n) is 12.8. The van der Waals surface area contributed by atoms with Gasteiger partial charge in [-0.15, -0.1) is 0 Å². The molecule has 1 saturated heterocycles. The van der Waals surface area contributed by atoms with Gasteiger partial charge in [-0.3, -0.25) is 4.79 Å². The number of sulfone groups is 1. The maximum Gasteiger partial charge on any atom is 0.291 e. The van der Waals surface area contributed by atoms with Crippen molar-refractivity contribution >= 4 is 27.3 Å². The molecule has 0 N–H and O–H groups in total. The molecule has 0 spiro atoms. The Kier molecular flexibility index (Phi) is 4.82. The molecule has 8 heteroatoms. The molecule has 1 fully saturated rings. The molecule has 3 rings (SSSR count). The Morgan fingerprint density at radius 1 is 1.12 bits per heavy atom. The molecule has 6 nitrogen and oxygen atoms in total. The monoisotopic (exact) mass is 365 g/mol. The number of nitrogens with zero attached hydrogens (tertiary/aromatic N) is 3. The van der Waals surface area contributed by atoms with E-state index in [0.29, 0.717) is 23.6 Å². The van der Waals surface area contributed by atoms with Gasteiger partial charge in [0.25, 0.3) is 5.91 Å². The third-order valence-electron chi connectivity index (χ3n) is 4.04. The Bertz CT molecular complexity index is 843. The second kappa shape index (κ2) is 6.86. The summed E-state index contributed by atoms with van der Waals surface area (Å²) < 4.78 is 25.3. The Morgan fingerprint density at radius 2 is 1.83 bits per heavy atom. The first-order chi connectivity index (χ1) is 11.5. The first-order valence-corrected chi connectivity index (χ1v) is 9.60. The quantitative estimate of drug-likeness (QED) is 0.814. The summed E-state index contributed by atoms with van der Waals surface area (Å²) in [6.07, 6.45) is 3.27. The predicted octanol–water partition coefficient (Wildman–Crippen LogP) is 2.13. The smallest absolute Gasteiger partial charge is 0.291 e. The lowest BCUT2D eigenvalue weighted by Gasteiger charge is -2.19. The van der Waals surface area contributed by atoms with Crippen LogP contribution in [0.3, 0.4) is 0 Å². The minimum absolute atomic E-state index is 0.0751. The molecule has 2 aromatic rings. The normalized spacial score (nSPS) is 20.4. The lowest BCUT2D eigenvalue weighted by molar-refractivity contribution is 0.0754. The number of rotatable bonds is 2. The van der Waals surface area contributed by atoms with Gasteiger partial charge in [-0.1, -0.05) is 29.8 Å². The standard InChI is InChI=1S/C16H16ClN3O3S/c17-13-5-2-1-4-12(13)14-6-9-20(10-11-24(14,22)23)16(21)15-18-7-3-8-19-15/h1-5,7-8,14H,6,9-11H2. The summed E-state index contributed by atoms with van der Waals surface area (Å²) in [5.41, 5.74) is 0.587. The van der Waals surface area contributed by atoms with Gasteiger partial charge in [-0.05, 0) is 24.1 Å². The molecule has 1 aromatic carbocycles. The van der Waals surface area contributed by atoms with Crippen LogP contribution in [0.1, 0.15) is 27.9 Å². The molecule has 1 amide bonds. The number of carbonyl (C=O) groups is 1. The van der Waals surface area contributed by atoms with Crippen molar-refractivity contribution in [1.82, 2.24) is 14.9 Å². The molecule has 1 aliphatic rings. The summed E-state index contributed by atoms with van der Waals surface area (Å²) >= 11 is 6.17. The predicted molar refractivity (Wildman–Crippen MR) is 90.5 cm³/mol. The molecule has 0 bridgehead atoms. The minimum atomic E-state index is -3.40. The van der Waals surface area contributed by atoms with E-state index in [0.717, 1.165) is 0 Å². The van der Waals surface area contributed by atoms with Crippen molar-refractivity contribution < 1.29 is 13.2 Å². The van der Waals surface area contributed by atoms with Gasteiger partial charge >= 0.3 is 0 Å². The van der Waals surface area contributed by atoms with E-state index in [9.17, 15) is 13.2 Å². The highest BCUT2D eigenvalue weighted by atomic mass is 35.5. The van der Waals surface area contributed by atoms with Crippen LogP contribution < -0.4 is 0 Å². The Morgan fingerprint density at radius 3 is 2.54 bits per heavy atom. The number of aromatic nitrogens is 2. The number of hydrogen-bond donors (Lipinski definition) is 0. The van der Waals surface area contributed by atoms with Crippen molar-refractivity contribution in [1.29, 1.82) is 0 Å². The molecule has 1 unspecified atom stereocenters. The molecule has 2 heterocycles. The van der Waals surface area contributed by atoms with Crippen molar-refractivity contribution in [2.24, 2.45) is 0 Å². The lowest BCUT2D eigenvalue weighted by Crippen LogP contribution is -2.34. The zero-order valence-corrected chi connectivity index (χ0v) is 14.4. The highest BCUT2D eigenvalue weighted by Gasteiger charge is 2.34. The molecule has 0 saturated carbocycles. The van der Waals surface area contributed by atoms with E-state index in [4.69, 9.17) is 11.6 Å². The first-order valence-electron chi connectivity index (χ1n) is 7.51. The van der Waals surface area contributed by atoms with E-state index in [2.05, 4.69) is 9.97 Å². The topological polar surface area (TPSA) is 80.2 Å². The van der Waals surface area contributed by atoms with Crippen molar-refractivity contribution in [2.45, 2.75) is 11.7 Å². The van der Waals surface area contributed by atoms with E-state index >= 15 is 0 Å². The Hall–Kier alpha value is -1.99. The third kappa shape index (κ3) is 3.42. The minimum Gasteiger partial charge on any atom is -0.335 e. The maximum absolute atomic E-state index is 12.6. The van der Waals surface area contributed by atoms with Crippen LogP contribution in [0.15, 0.2) is 42.7 Å². The molecule has 24 heavy (non-hydrogen) atoms. The lowest BCUT2D eigenvalue weighted by atomic mass is 10.1. The average molecular weight is 366 g/mol. The van der Waals surface area contributed by atoms with E-state index in [1.54, 1.807) is 30.3 Å². The van der Waals surface area contributed by atoms with Gasteiger partial charge in [-0.25, -0.2) is 18.4 Å². The number of benzene rings is 1. The Labute approximate surface area is 145 Å². The first kappa shape index (κ1) is 16.9. The summed E-state index contributed by atoms with van der Waals surface area (Å²) in [6, 6.07) is 8.55. The van der Waals surface area contributed by atoms with Gasteiger partial charge in [0.15, 0.2) is 9.84 Å². The summed E-state index contributed by atoms with van der Waals surface area (Å²) in [5.74, 6) is -0.390. The van der Waals surface area contributed by atoms with Gasteiger partial charge in [0.05, 0.1) is 11.0 Å². The van der Waals surface area contributed by atoms with Gasteiger partial charge in [-0.2, -0.15) is 0 Å². The van der Waals surface area contributed by atoms with Crippen LogP contribution in [0.2, 0.25) is 5.02 Å². The second-order valence-corrected chi connectivity index (χ2v) is 8.24. The highest BCUT2D eigenvalue weighted by Crippen LogP contribution is 2.33. The molecule has 0 aliphatic carbocycles. The number of halogens is 1. The number of hydrogen-bond acceptors (Lipinski definition) is 5. The largest absolute Gasteiger partial charge is 0.335 e. The third-order valence-corrected chi connectivity index (χ3v) is 6.49. The van der Waals surface area contributed by atoms with Gasteiger partial charge in [0.1, 0.15) is 0 Å². The molecular weight excluding hydrogens is 350 g/mol. The number of amides is 1. The van der Waals surface area contributed by atoms with E-state index < -0.39 is 15.1 Å². The molecule has 1 atom stereocenters. The summed E-state index contributed by atoms with van der Waals surface area (Å²) in [5, 5.41) is -0.280. The maximum atomic E-state index is 12.6. The van der Waals surface area contributed by atoms with Crippen LogP contribution in [-0.4, -0.2) is 48.0 Å². The van der Waals surface area contributed by atoms with E-state index in [1.165, 1.54) is 17.3 Å². The molecular formula is C16H16ClN3O3S. The van der Waals surface area contributed by atoms with Crippen LogP contribution in [0.25, 0.3) is 0 Å². The van der Waals surface area contributed by atoms with Crippen LogP contribution in [0.5, 0.6) is 0 Å². The molecule has 1 aromatic heterocycles. The summed E-state index contributed by atoms with van der Waals surface area (Å²) in [4.78, 5) is 21.8.